The number of esters is 1. The molecule has 2 aromatic rings. The van der Waals surface area contributed by atoms with E-state index >= 15 is 0 Å². The number of carbonyl (C=O) groups excluding carboxylic acids is 1. The predicted molar refractivity (Wildman–Crippen MR) is 88.0 cm³/mol. The molecule has 0 aliphatic rings. The monoisotopic (exact) mass is 365 g/mol. The normalized spacial score (nSPS) is 11.0. The lowest BCUT2D eigenvalue weighted by Crippen LogP contribution is -2.12. The maximum atomic E-state index is 12.4. The summed E-state index contributed by atoms with van der Waals surface area (Å²) in [4.78, 5) is 21.4. The first-order chi connectivity index (χ1) is 11.7. The van der Waals surface area contributed by atoms with Gasteiger partial charge in [-0.15, -0.1) is 0 Å². The Morgan fingerprint density at radius 1 is 1.16 bits per heavy atom. The van der Waals surface area contributed by atoms with Crippen LogP contribution >= 0.6 is 0 Å². The van der Waals surface area contributed by atoms with Gasteiger partial charge in [0.2, 0.25) is 0 Å². The summed E-state index contributed by atoms with van der Waals surface area (Å²) < 4.78 is 34.6. The van der Waals surface area contributed by atoms with Crippen molar-refractivity contribution in [3.8, 4) is 5.75 Å². The molecule has 0 aliphatic heterocycles. The standard InChI is InChI=1S/C16H15NO7S/c1-3-23-16(18)12-5-8-14(9-6-12)24-25(21,22)15-10-13(17(19)20)7-4-11(15)2/h4-10H,3H2,1-2H3. The van der Waals surface area contributed by atoms with Crippen molar-refractivity contribution in [2.24, 2.45) is 0 Å². The van der Waals surface area contributed by atoms with Gasteiger partial charge in [0.15, 0.2) is 0 Å². The van der Waals surface area contributed by atoms with E-state index in [-0.39, 0.29) is 28.5 Å². The maximum Gasteiger partial charge on any atom is 0.339 e. The van der Waals surface area contributed by atoms with Gasteiger partial charge in [-0.05, 0) is 43.7 Å². The van der Waals surface area contributed by atoms with Crippen molar-refractivity contribution >= 4 is 21.8 Å². The SMILES string of the molecule is CCOC(=O)c1ccc(OS(=O)(=O)c2cc([N+](=O)[O-])ccc2C)cc1. The molecule has 0 fully saturated rings. The number of nitro groups is 1. The number of carbonyl (C=O) groups is 1. The summed E-state index contributed by atoms with van der Waals surface area (Å²) in [7, 11) is -4.26. The minimum Gasteiger partial charge on any atom is -0.462 e. The molecule has 9 heteroatoms. The van der Waals surface area contributed by atoms with E-state index in [1.165, 1.54) is 43.3 Å². The zero-order valence-electron chi connectivity index (χ0n) is 13.5. The van der Waals surface area contributed by atoms with Crippen LogP contribution in [0.1, 0.15) is 22.8 Å². The maximum absolute atomic E-state index is 12.4. The third-order valence-electron chi connectivity index (χ3n) is 3.22. The molecule has 132 valence electrons. The van der Waals surface area contributed by atoms with Crippen LogP contribution in [0, 0.1) is 17.0 Å². The lowest BCUT2D eigenvalue weighted by Gasteiger charge is -2.09. The van der Waals surface area contributed by atoms with Gasteiger partial charge in [0.1, 0.15) is 10.6 Å². The molecule has 0 amide bonds. The van der Waals surface area contributed by atoms with Crippen LogP contribution in [0.3, 0.4) is 0 Å². The highest BCUT2D eigenvalue weighted by atomic mass is 32.2. The molecule has 0 unspecified atom stereocenters. The Morgan fingerprint density at radius 2 is 1.80 bits per heavy atom. The zero-order valence-corrected chi connectivity index (χ0v) is 14.3. The number of non-ortho nitro benzene ring substituents is 1. The summed E-state index contributed by atoms with van der Waals surface area (Å²) in [5.74, 6) is -0.564. The molecule has 2 rings (SSSR count). The predicted octanol–water partition coefficient (Wildman–Crippen LogP) is 2.85. The summed E-state index contributed by atoms with van der Waals surface area (Å²) in [6, 6.07) is 8.82. The highest BCUT2D eigenvalue weighted by molar-refractivity contribution is 7.87. The van der Waals surface area contributed by atoms with Crippen LogP contribution in [-0.2, 0) is 14.9 Å². The van der Waals surface area contributed by atoms with E-state index < -0.39 is 21.0 Å². The molecule has 0 bridgehead atoms. The Morgan fingerprint density at radius 3 is 2.36 bits per heavy atom. The van der Waals surface area contributed by atoms with Gasteiger partial charge < -0.3 is 8.92 Å². The number of hydrogen-bond acceptors (Lipinski definition) is 7. The van der Waals surface area contributed by atoms with Crippen LogP contribution in [0.25, 0.3) is 0 Å². The van der Waals surface area contributed by atoms with Gasteiger partial charge in [0.05, 0.1) is 17.1 Å². The molecule has 0 saturated heterocycles. The average Bonchev–Trinajstić information content (AvgIpc) is 2.55. The molecule has 0 radical (unpaired) electrons. The number of hydrogen-bond donors (Lipinski definition) is 0. The summed E-state index contributed by atoms with van der Waals surface area (Å²) in [6.45, 7) is 3.39. The minimum absolute atomic E-state index is 0.0287. The van der Waals surface area contributed by atoms with Gasteiger partial charge in [0, 0.05) is 12.1 Å². The van der Waals surface area contributed by atoms with Gasteiger partial charge in [-0.3, -0.25) is 10.1 Å². The first-order valence-corrected chi connectivity index (χ1v) is 8.62. The van der Waals surface area contributed by atoms with E-state index in [1.807, 2.05) is 0 Å². The van der Waals surface area contributed by atoms with Crippen LogP contribution < -0.4 is 4.18 Å². The smallest absolute Gasteiger partial charge is 0.339 e. The fraction of sp³-hybridized carbons (Fsp3) is 0.188. The first-order valence-electron chi connectivity index (χ1n) is 7.21. The van der Waals surface area contributed by atoms with Crippen molar-refractivity contribution < 1.29 is 27.1 Å². The second-order valence-electron chi connectivity index (χ2n) is 4.99. The number of nitrogens with zero attached hydrogens (tertiary/aromatic N) is 1. The van der Waals surface area contributed by atoms with Crippen molar-refractivity contribution in [2.45, 2.75) is 18.7 Å². The molecule has 0 N–H and O–H groups in total. The van der Waals surface area contributed by atoms with E-state index in [4.69, 9.17) is 8.92 Å². The highest BCUT2D eigenvalue weighted by Crippen LogP contribution is 2.25. The van der Waals surface area contributed by atoms with Crippen LogP contribution in [0.15, 0.2) is 47.4 Å². The van der Waals surface area contributed by atoms with Crippen molar-refractivity contribution in [3.05, 3.63) is 63.7 Å². The number of ether oxygens (including phenoxy) is 1. The summed E-state index contributed by atoms with van der Waals surface area (Å²) in [5, 5.41) is 10.8. The van der Waals surface area contributed by atoms with E-state index in [0.29, 0.717) is 5.56 Å². The second-order valence-corrected chi connectivity index (χ2v) is 6.50. The topological polar surface area (TPSA) is 113 Å². The Bertz CT molecular complexity index is 905. The van der Waals surface area contributed by atoms with E-state index in [1.54, 1.807) is 6.92 Å². The van der Waals surface area contributed by atoms with Crippen LogP contribution in [0.5, 0.6) is 5.75 Å². The number of rotatable bonds is 6. The van der Waals surface area contributed by atoms with E-state index in [9.17, 15) is 23.3 Å². The third-order valence-corrected chi connectivity index (χ3v) is 4.61. The molecule has 0 atom stereocenters. The molecular weight excluding hydrogens is 350 g/mol. The summed E-state index contributed by atoms with van der Waals surface area (Å²) in [5.41, 5.74) is 0.206. The van der Waals surface area contributed by atoms with Gasteiger partial charge in [-0.1, -0.05) is 6.07 Å². The lowest BCUT2D eigenvalue weighted by molar-refractivity contribution is -0.385. The molecule has 0 aromatic heterocycles. The van der Waals surface area contributed by atoms with Crippen LogP contribution in [-0.4, -0.2) is 25.9 Å². The van der Waals surface area contributed by atoms with Crippen molar-refractivity contribution in [1.29, 1.82) is 0 Å². The third kappa shape index (κ3) is 4.32. The largest absolute Gasteiger partial charge is 0.462 e. The fourth-order valence-electron chi connectivity index (χ4n) is 2.00. The highest BCUT2D eigenvalue weighted by Gasteiger charge is 2.23. The quantitative estimate of drug-likeness (QED) is 0.335. The van der Waals surface area contributed by atoms with Crippen molar-refractivity contribution in [1.82, 2.24) is 0 Å². The van der Waals surface area contributed by atoms with Gasteiger partial charge in [0.25, 0.3) is 5.69 Å². The van der Waals surface area contributed by atoms with Gasteiger partial charge >= 0.3 is 16.1 Å². The van der Waals surface area contributed by atoms with Crippen molar-refractivity contribution in [3.63, 3.8) is 0 Å². The molecule has 0 spiro atoms. The van der Waals surface area contributed by atoms with Crippen molar-refractivity contribution in [2.75, 3.05) is 6.61 Å². The Labute approximate surface area is 144 Å². The van der Waals surface area contributed by atoms with E-state index in [0.717, 1.165) is 6.07 Å². The second kappa shape index (κ2) is 7.31. The van der Waals surface area contributed by atoms with Gasteiger partial charge in [-0.25, -0.2) is 4.79 Å². The lowest BCUT2D eigenvalue weighted by atomic mass is 10.2. The average molecular weight is 365 g/mol. The molecule has 25 heavy (non-hydrogen) atoms. The van der Waals surface area contributed by atoms with E-state index in [2.05, 4.69) is 0 Å². The molecular formula is C16H15NO7S. The molecule has 8 nitrogen and oxygen atoms in total. The van der Waals surface area contributed by atoms with Crippen LogP contribution in [0.2, 0.25) is 0 Å². The fourth-order valence-corrected chi connectivity index (χ4v) is 3.19. The molecule has 0 aliphatic carbocycles. The van der Waals surface area contributed by atoms with Gasteiger partial charge in [-0.2, -0.15) is 8.42 Å². The Kier molecular flexibility index (Phi) is 5.38. The number of benzene rings is 2. The minimum atomic E-state index is -4.26. The van der Waals surface area contributed by atoms with Crippen LogP contribution in [0.4, 0.5) is 5.69 Å². The Hall–Kier alpha value is -2.94. The first kappa shape index (κ1) is 18.4. The summed E-state index contributed by atoms with van der Waals surface area (Å²) in [6.07, 6.45) is 0. The number of aryl methyl sites for hydroxylation is 1. The molecule has 0 heterocycles. The zero-order chi connectivity index (χ0) is 18.6. The Balaban J connectivity index is 2.29. The summed E-state index contributed by atoms with van der Waals surface area (Å²) >= 11 is 0. The molecule has 2 aromatic carbocycles. The molecule has 0 saturated carbocycles. The number of nitro benzene ring substituents is 1.